The Bertz CT molecular complexity index is 585. The molecule has 0 spiro atoms. The van der Waals surface area contributed by atoms with Gasteiger partial charge in [0.2, 0.25) is 0 Å². The zero-order valence-electron chi connectivity index (χ0n) is 12.1. The molecule has 0 amide bonds. The Morgan fingerprint density at radius 2 is 2.10 bits per heavy atom. The normalized spacial score (nSPS) is 12.4. The van der Waals surface area contributed by atoms with Crippen LogP contribution < -0.4 is 4.74 Å². The molecule has 1 atom stereocenters. The molecular formula is C16H18BrClO2S. The summed E-state index contributed by atoms with van der Waals surface area (Å²) in [4.78, 5) is 1.22. The molecule has 0 aliphatic rings. The van der Waals surface area contributed by atoms with Crippen molar-refractivity contribution in [1.29, 1.82) is 0 Å². The van der Waals surface area contributed by atoms with Crippen molar-refractivity contribution >= 4 is 38.9 Å². The molecule has 1 aromatic heterocycles. The van der Waals surface area contributed by atoms with E-state index in [-0.39, 0.29) is 5.38 Å². The molecule has 21 heavy (non-hydrogen) atoms. The molecule has 0 bridgehead atoms. The van der Waals surface area contributed by atoms with Gasteiger partial charge in [-0.05, 0) is 57.1 Å². The Balaban J connectivity index is 2.15. The summed E-state index contributed by atoms with van der Waals surface area (Å²) in [6.07, 6.45) is 1.00. The number of halogens is 2. The van der Waals surface area contributed by atoms with E-state index in [1.807, 2.05) is 18.2 Å². The van der Waals surface area contributed by atoms with Crippen LogP contribution in [0.15, 0.2) is 34.1 Å². The molecule has 2 aromatic rings. The topological polar surface area (TPSA) is 18.5 Å². The van der Waals surface area contributed by atoms with E-state index in [9.17, 15) is 0 Å². The largest absolute Gasteiger partial charge is 0.490 e. The van der Waals surface area contributed by atoms with Crippen LogP contribution in [0.3, 0.4) is 0 Å². The lowest BCUT2D eigenvalue weighted by atomic mass is 10.1. The second-order valence-corrected chi connectivity index (χ2v) is 6.80. The summed E-state index contributed by atoms with van der Waals surface area (Å²) in [5.41, 5.74) is 2.39. The highest BCUT2D eigenvalue weighted by molar-refractivity contribution is 9.10. The highest BCUT2D eigenvalue weighted by Gasteiger charge is 2.17. The zero-order valence-corrected chi connectivity index (χ0v) is 15.2. The van der Waals surface area contributed by atoms with Crippen molar-refractivity contribution in [3.05, 3.63) is 50.1 Å². The molecule has 0 saturated carbocycles. The lowest BCUT2D eigenvalue weighted by molar-refractivity contribution is 0.146. The number of hydrogen-bond acceptors (Lipinski definition) is 3. The molecule has 0 radical (unpaired) electrons. The van der Waals surface area contributed by atoms with Gasteiger partial charge in [-0.1, -0.05) is 13.0 Å². The maximum Gasteiger partial charge on any atom is 0.133 e. The van der Waals surface area contributed by atoms with Gasteiger partial charge in [0.25, 0.3) is 0 Å². The van der Waals surface area contributed by atoms with Crippen LogP contribution in [-0.2, 0) is 11.2 Å². The molecule has 2 nitrogen and oxygen atoms in total. The van der Waals surface area contributed by atoms with E-state index in [4.69, 9.17) is 21.1 Å². The predicted octanol–water partition coefficient (Wildman–Crippen LogP) is 5.43. The van der Waals surface area contributed by atoms with E-state index in [1.165, 1.54) is 10.4 Å². The number of thiophene rings is 1. The van der Waals surface area contributed by atoms with Gasteiger partial charge < -0.3 is 9.47 Å². The molecule has 114 valence electrons. The Morgan fingerprint density at radius 1 is 1.29 bits per heavy atom. The Labute approximate surface area is 143 Å². The summed E-state index contributed by atoms with van der Waals surface area (Å²) < 4.78 is 11.5. The summed E-state index contributed by atoms with van der Waals surface area (Å²) in [6, 6.07) is 8.14. The lowest BCUT2D eigenvalue weighted by Gasteiger charge is -2.13. The first kappa shape index (κ1) is 16.8. The summed E-state index contributed by atoms with van der Waals surface area (Å²) in [6.45, 7) is 3.25. The molecule has 0 saturated heterocycles. The highest BCUT2D eigenvalue weighted by Crippen LogP contribution is 2.38. The third kappa shape index (κ3) is 4.22. The summed E-state index contributed by atoms with van der Waals surface area (Å²) >= 11 is 11.9. The average Bonchev–Trinajstić information content (AvgIpc) is 2.96. The predicted molar refractivity (Wildman–Crippen MR) is 92.9 cm³/mol. The van der Waals surface area contributed by atoms with Crippen LogP contribution in [0.2, 0.25) is 0 Å². The number of alkyl halides is 1. The van der Waals surface area contributed by atoms with Crippen molar-refractivity contribution in [2.75, 3.05) is 20.3 Å². The third-order valence-electron chi connectivity index (χ3n) is 3.19. The standard InChI is InChI=1S/C16H18BrClO2S/c1-3-11-6-9-21-16(11)15(18)12-4-5-14(13(17)10-12)20-8-7-19-2/h4-6,9-10,15H,3,7-8H2,1-2H3. The number of ether oxygens (including phenoxy) is 2. The van der Waals surface area contributed by atoms with Gasteiger partial charge in [-0.25, -0.2) is 0 Å². The first-order valence-electron chi connectivity index (χ1n) is 6.78. The fourth-order valence-electron chi connectivity index (χ4n) is 2.04. The molecule has 5 heteroatoms. The molecule has 1 aromatic carbocycles. The van der Waals surface area contributed by atoms with Gasteiger partial charge in [0, 0.05) is 12.0 Å². The minimum absolute atomic E-state index is 0.121. The zero-order chi connectivity index (χ0) is 15.2. The molecule has 0 aliphatic heterocycles. The van der Waals surface area contributed by atoms with Crippen LogP contribution in [0.4, 0.5) is 0 Å². The number of rotatable bonds is 7. The number of aryl methyl sites for hydroxylation is 1. The second kappa shape index (κ2) is 8.18. The Kier molecular flexibility index (Phi) is 6.55. The van der Waals surface area contributed by atoms with Gasteiger partial charge in [-0.3, -0.25) is 0 Å². The van der Waals surface area contributed by atoms with Crippen molar-refractivity contribution < 1.29 is 9.47 Å². The van der Waals surface area contributed by atoms with E-state index in [0.29, 0.717) is 13.2 Å². The van der Waals surface area contributed by atoms with E-state index < -0.39 is 0 Å². The number of methoxy groups -OCH3 is 1. The SMILES string of the molecule is CCc1ccsc1C(Cl)c1ccc(OCCOC)c(Br)c1. The third-order valence-corrected chi connectivity index (χ3v) is 5.43. The first-order chi connectivity index (χ1) is 10.2. The van der Waals surface area contributed by atoms with Crippen LogP contribution in [0.1, 0.15) is 28.3 Å². The van der Waals surface area contributed by atoms with Crippen molar-refractivity contribution in [3.63, 3.8) is 0 Å². The van der Waals surface area contributed by atoms with E-state index in [1.54, 1.807) is 18.4 Å². The summed E-state index contributed by atoms with van der Waals surface area (Å²) in [5, 5.41) is 1.98. The average molecular weight is 390 g/mol. The van der Waals surface area contributed by atoms with E-state index >= 15 is 0 Å². The highest BCUT2D eigenvalue weighted by atomic mass is 79.9. The molecule has 1 heterocycles. The minimum atomic E-state index is -0.121. The van der Waals surface area contributed by atoms with Gasteiger partial charge in [-0.2, -0.15) is 0 Å². The molecule has 1 unspecified atom stereocenters. The Morgan fingerprint density at radius 3 is 2.76 bits per heavy atom. The maximum absolute atomic E-state index is 6.64. The quantitative estimate of drug-likeness (QED) is 0.464. The van der Waals surface area contributed by atoms with Crippen LogP contribution in [0, 0.1) is 0 Å². The van der Waals surface area contributed by atoms with Crippen molar-refractivity contribution in [2.45, 2.75) is 18.7 Å². The van der Waals surface area contributed by atoms with E-state index in [2.05, 4.69) is 34.3 Å². The van der Waals surface area contributed by atoms with Gasteiger partial charge in [0.15, 0.2) is 0 Å². The molecular weight excluding hydrogens is 372 g/mol. The minimum Gasteiger partial charge on any atom is -0.490 e. The molecule has 0 N–H and O–H groups in total. The van der Waals surface area contributed by atoms with Crippen LogP contribution in [-0.4, -0.2) is 20.3 Å². The summed E-state index contributed by atoms with van der Waals surface area (Å²) in [5.74, 6) is 0.807. The fraction of sp³-hybridized carbons (Fsp3) is 0.375. The van der Waals surface area contributed by atoms with E-state index in [0.717, 1.165) is 22.2 Å². The molecule has 0 aliphatic carbocycles. The number of benzene rings is 1. The summed E-state index contributed by atoms with van der Waals surface area (Å²) in [7, 11) is 1.66. The maximum atomic E-state index is 6.64. The number of hydrogen-bond donors (Lipinski definition) is 0. The van der Waals surface area contributed by atoms with Crippen LogP contribution in [0.25, 0.3) is 0 Å². The smallest absolute Gasteiger partial charge is 0.133 e. The van der Waals surface area contributed by atoms with Gasteiger partial charge in [-0.15, -0.1) is 22.9 Å². The van der Waals surface area contributed by atoms with Crippen LogP contribution in [0.5, 0.6) is 5.75 Å². The fourth-order valence-corrected chi connectivity index (χ4v) is 3.98. The molecule has 2 rings (SSSR count). The Hall–Kier alpha value is -0.550. The van der Waals surface area contributed by atoms with Gasteiger partial charge >= 0.3 is 0 Å². The second-order valence-electron chi connectivity index (χ2n) is 4.56. The van der Waals surface area contributed by atoms with Crippen molar-refractivity contribution in [1.82, 2.24) is 0 Å². The molecule has 0 fully saturated rings. The monoisotopic (exact) mass is 388 g/mol. The van der Waals surface area contributed by atoms with Crippen LogP contribution >= 0.6 is 38.9 Å². The van der Waals surface area contributed by atoms with Crippen molar-refractivity contribution in [2.24, 2.45) is 0 Å². The van der Waals surface area contributed by atoms with Gasteiger partial charge in [0.1, 0.15) is 12.4 Å². The van der Waals surface area contributed by atoms with Gasteiger partial charge in [0.05, 0.1) is 16.5 Å². The lowest BCUT2D eigenvalue weighted by Crippen LogP contribution is -2.05. The first-order valence-corrected chi connectivity index (χ1v) is 8.89. The van der Waals surface area contributed by atoms with Crippen molar-refractivity contribution in [3.8, 4) is 5.75 Å².